The largest absolute Gasteiger partial charge is 0.497 e. The van der Waals surface area contributed by atoms with Crippen LogP contribution in [0.5, 0.6) is 11.5 Å². The molecule has 0 aliphatic carbocycles. The van der Waals surface area contributed by atoms with Crippen molar-refractivity contribution in [3.05, 3.63) is 34.7 Å². The standard InChI is InChI=1S/C16H19NO6/c1-21-11-6-7-13-12(9-11)14(10-16(19)23-13)22-8-4-2-3-5-15(18)17-20/h6-7,9-10,20H,2-5,8H2,1H3,(H,17,18). The Morgan fingerprint density at radius 1 is 1.26 bits per heavy atom. The van der Waals surface area contributed by atoms with Crippen molar-refractivity contribution in [3.63, 3.8) is 0 Å². The Labute approximate surface area is 132 Å². The summed E-state index contributed by atoms with van der Waals surface area (Å²) in [5.74, 6) is 0.694. The van der Waals surface area contributed by atoms with Crippen molar-refractivity contribution < 1.29 is 23.9 Å². The minimum absolute atomic E-state index is 0.269. The molecule has 7 nitrogen and oxygen atoms in total. The predicted octanol–water partition coefficient (Wildman–Crippen LogP) is 2.25. The zero-order valence-corrected chi connectivity index (χ0v) is 12.8. The summed E-state index contributed by atoms with van der Waals surface area (Å²) in [6.07, 6.45) is 2.42. The van der Waals surface area contributed by atoms with Crippen molar-refractivity contribution >= 4 is 16.9 Å². The van der Waals surface area contributed by atoms with E-state index in [1.165, 1.54) is 6.07 Å². The van der Waals surface area contributed by atoms with Crippen LogP contribution < -0.4 is 20.6 Å². The van der Waals surface area contributed by atoms with Gasteiger partial charge in [-0.3, -0.25) is 10.0 Å². The molecule has 0 aliphatic rings. The summed E-state index contributed by atoms with van der Waals surface area (Å²) < 4.78 is 16.0. The third kappa shape index (κ3) is 4.72. The molecular formula is C16H19NO6. The number of unbranched alkanes of at least 4 members (excludes halogenated alkanes) is 2. The zero-order valence-electron chi connectivity index (χ0n) is 12.8. The fraction of sp³-hybridized carbons (Fsp3) is 0.375. The number of rotatable bonds is 8. The van der Waals surface area contributed by atoms with Crippen LogP contribution in [0.2, 0.25) is 0 Å². The Bertz CT molecular complexity index is 724. The normalized spacial score (nSPS) is 10.5. The van der Waals surface area contributed by atoms with Gasteiger partial charge >= 0.3 is 5.63 Å². The SMILES string of the molecule is COc1ccc2oc(=O)cc(OCCCCCC(=O)NO)c2c1. The average Bonchev–Trinajstić information content (AvgIpc) is 2.56. The van der Waals surface area contributed by atoms with Crippen LogP contribution in [0, 0.1) is 0 Å². The lowest BCUT2D eigenvalue weighted by Gasteiger charge is -2.09. The van der Waals surface area contributed by atoms with Gasteiger partial charge in [0.05, 0.1) is 25.2 Å². The molecule has 0 fully saturated rings. The maximum atomic E-state index is 11.6. The number of benzene rings is 1. The minimum Gasteiger partial charge on any atom is -0.497 e. The number of carbonyl (C=O) groups is 1. The topological polar surface area (TPSA) is 98.0 Å². The monoisotopic (exact) mass is 321 g/mol. The highest BCUT2D eigenvalue weighted by molar-refractivity contribution is 5.84. The number of hydrogen-bond acceptors (Lipinski definition) is 6. The predicted molar refractivity (Wildman–Crippen MR) is 82.9 cm³/mol. The number of carbonyl (C=O) groups excluding carboxylic acids is 1. The van der Waals surface area contributed by atoms with Gasteiger partial charge in [0.2, 0.25) is 5.91 Å². The van der Waals surface area contributed by atoms with Gasteiger partial charge in [0.15, 0.2) is 0 Å². The van der Waals surface area contributed by atoms with Gasteiger partial charge in [-0.05, 0) is 37.5 Å². The molecule has 1 heterocycles. The van der Waals surface area contributed by atoms with E-state index in [4.69, 9.17) is 19.1 Å². The molecule has 0 spiro atoms. The molecule has 1 aromatic carbocycles. The van der Waals surface area contributed by atoms with Gasteiger partial charge < -0.3 is 13.9 Å². The summed E-state index contributed by atoms with van der Waals surface area (Å²) in [7, 11) is 1.56. The highest BCUT2D eigenvalue weighted by atomic mass is 16.5. The van der Waals surface area contributed by atoms with Gasteiger partial charge in [0.25, 0.3) is 0 Å². The summed E-state index contributed by atoms with van der Waals surface area (Å²) in [6.45, 7) is 0.413. The van der Waals surface area contributed by atoms with Crippen LogP contribution in [-0.2, 0) is 4.79 Å². The molecule has 0 atom stereocenters. The Kier molecular flexibility index (Phi) is 5.99. The van der Waals surface area contributed by atoms with Gasteiger partial charge in [-0.15, -0.1) is 0 Å². The second-order valence-corrected chi connectivity index (χ2v) is 4.99. The van der Waals surface area contributed by atoms with Crippen molar-refractivity contribution in [2.45, 2.75) is 25.7 Å². The Hall–Kier alpha value is -2.54. The first-order valence-electron chi connectivity index (χ1n) is 7.31. The first kappa shape index (κ1) is 16.8. The zero-order chi connectivity index (χ0) is 16.7. The van der Waals surface area contributed by atoms with Crippen molar-refractivity contribution in [2.24, 2.45) is 0 Å². The number of amides is 1. The number of fused-ring (bicyclic) bond motifs is 1. The molecule has 2 aromatic rings. The van der Waals surface area contributed by atoms with Crippen LogP contribution >= 0.6 is 0 Å². The molecule has 0 aliphatic heterocycles. The molecule has 0 unspecified atom stereocenters. The van der Waals surface area contributed by atoms with E-state index < -0.39 is 11.5 Å². The molecule has 124 valence electrons. The van der Waals surface area contributed by atoms with Gasteiger partial charge in [0.1, 0.15) is 17.1 Å². The second-order valence-electron chi connectivity index (χ2n) is 4.99. The highest BCUT2D eigenvalue weighted by Gasteiger charge is 2.08. The fourth-order valence-corrected chi connectivity index (χ4v) is 2.16. The number of ether oxygens (including phenoxy) is 2. The Morgan fingerprint density at radius 3 is 2.83 bits per heavy atom. The van der Waals surface area contributed by atoms with E-state index in [1.807, 2.05) is 0 Å². The average molecular weight is 321 g/mol. The summed E-state index contributed by atoms with van der Waals surface area (Å²) in [4.78, 5) is 22.4. The van der Waals surface area contributed by atoms with Gasteiger partial charge in [-0.25, -0.2) is 10.3 Å². The fourth-order valence-electron chi connectivity index (χ4n) is 2.16. The third-order valence-corrected chi connectivity index (χ3v) is 3.34. The summed E-state index contributed by atoms with van der Waals surface area (Å²) >= 11 is 0. The molecular weight excluding hydrogens is 302 g/mol. The smallest absolute Gasteiger partial charge is 0.339 e. The Morgan fingerprint density at radius 2 is 2.09 bits per heavy atom. The number of hydroxylamine groups is 1. The quantitative estimate of drug-likeness (QED) is 0.335. The molecule has 23 heavy (non-hydrogen) atoms. The molecule has 0 bridgehead atoms. The first-order chi connectivity index (χ1) is 11.1. The van der Waals surface area contributed by atoms with E-state index in [2.05, 4.69) is 0 Å². The van der Waals surface area contributed by atoms with E-state index in [9.17, 15) is 9.59 Å². The second kappa shape index (κ2) is 8.19. The molecule has 7 heteroatoms. The van der Waals surface area contributed by atoms with E-state index in [1.54, 1.807) is 30.8 Å². The van der Waals surface area contributed by atoms with Crippen molar-refractivity contribution in [1.82, 2.24) is 5.48 Å². The van der Waals surface area contributed by atoms with Crippen molar-refractivity contribution in [3.8, 4) is 11.5 Å². The molecule has 0 radical (unpaired) electrons. The van der Waals surface area contributed by atoms with E-state index in [0.717, 1.165) is 12.8 Å². The van der Waals surface area contributed by atoms with E-state index in [0.29, 0.717) is 35.5 Å². The van der Waals surface area contributed by atoms with Crippen LogP contribution in [0.1, 0.15) is 25.7 Å². The van der Waals surface area contributed by atoms with Crippen molar-refractivity contribution in [2.75, 3.05) is 13.7 Å². The van der Waals surface area contributed by atoms with Crippen LogP contribution in [0.3, 0.4) is 0 Å². The van der Waals surface area contributed by atoms with E-state index >= 15 is 0 Å². The van der Waals surface area contributed by atoms with Crippen LogP contribution in [0.4, 0.5) is 0 Å². The van der Waals surface area contributed by atoms with Crippen molar-refractivity contribution in [1.29, 1.82) is 0 Å². The Balaban J connectivity index is 1.96. The molecule has 2 N–H and O–H groups in total. The molecule has 0 saturated heterocycles. The molecule has 2 rings (SSSR count). The lowest BCUT2D eigenvalue weighted by atomic mass is 10.2. The molecule has 1 amide bonds. The number of nitrogens with one attached hydrogen (secondary N) is 1. The van der Waals surface area contributed by atoms with Crippen LogP contribution in [0.25, 0.3) is 11.0 Å². The van der Waals surface area contributed by atoms with Gasteiger partial charge in [-0.2, -0.15) is 0 Å². The maximum Gasteiger partial charge on any atom is 0.339 e. The first-order valence-corrected chi connectivity index (χ1v) is 7.31. The molecule has 0 saturated carbocycles. The summed E-state index contributed by atoms with van der Waals surface area (Å²) in [5.41, 5.74) is 1.55. The maximum absolute atomic E-state index is 11.6. The van der Waals surface area contributed by atoms with E-state index in [-0.39, 0.29) is 6.42 Å². The van der Waals surface area contributed by atoms with Gasteiger partial charge in [-0.1, -0.05) is 0 Å². The molecule has 1 aromatic heterocycles. The van der Waals surface area contributed by atoms with Gasteiger partial charge in [0, 0.05) is 6.42 Å². The minimum atomic E-state index is -0.475. The number of methoxy groups -OCH3 is 1. The summed E-state index contributed by atoms with van der Waals surface area (Å²) in [5, 5.41) is 9.05. The summed E-state index contributed by atoms with van der Waals surface area (Å²) in [6, 6.07) is 6.43. The van der Waals surface area contributed by atoms with Crippen LogP contribution in [0.15, 0.2) is 33.5 Å². The highest BCUT2D eigenvalue weighted by Crippen LogP contribution is 2.27. The van der Waals surface area contributed by atoms with Crippen LogP contribution in [-0.4, -0.2) is 24.8 Å². The lowest BCUT2D eigenvalue weighted by Crippen LogP contribution is -2.17. The lowest BCUT2D eigenvalue weighted by molar-refractivity contribution is -0.129. The number of hydrogen-bond donors (Lipinski definition) is 2. The third-order valence-electron chi connectivity index (χ3n) is 3.34.